The normalized spacial score (nSPS) is 10.6. The first kappa shape index (κ1) is 21.6. The lowest BCUT2D eigenvalue weighted by atomic mass is 10.2. The molecule has 9 nitrogen and oxygen atoms in total. The number of aryl methyl sites for hydroxylation is 1. The molecule has 0 spiro atoms. The average molecular weight is 448 g/mol. The molecule has 0 saturated carbocycles. The van der Waals surface area contributed by atoms with Crippen LogP contribution in [0.5, 0.6) is 5.75 Å². The number of nitrogens with zero attached hydrogens (tertiary/aromatic N) is 4. The van der Waals surface area contributed by atoms with Crippen LogP contribution in [0.1, 0.15) is 11.4 Å². The number of aromatic nitrogens is 3. The fraction of sp³-hybridized carbons (Fsp3) is 0.211. The van der Waals surface area contributed by atoms with Crippen LogP contribution in [0.4, 0.5) is 11.4 Å². The van der Waals surface area contributed by atoms with Crippen molar-refractivity contribution in [2.24, 2.45) is 7.05 Å². The van der Waals surface area contributed by atoms with Crippen molar-refractivity contribution in [2.45, 2.75) is 18.7 Å². The molecule has 0 atom stereocenters. The zero-order valence-corrected chi connectivity index (χ0v) is 17.7. The minimum Gasteiger partial charge on any atom is -0.485 e. The number of thioether (sulfide) groups is 1. The van der Waals surface area contributed by atoms with E-state index in [1.165, 1.54) is 30.0 Å². The minimum absolute atomic E-state index is 0.0314. The van der Waals surface area contributed by atoms with Gasteiger partial charge in [0.15, 0.2) is 11.0 Å². The Labute approximate surface area is 181 Å². The van der Waals surface area contributed by atoms with Crippen LogP contribution in [0.15, 0.2) is 47.6 Å². The van der Waals surface area contributed by atoms with Gasteiger partial charge in [0.1, 0.15) is 12.4 Å². The molecular formula is C19H18ClN5O4S. The van der Waals surface area contributed by atoms with Crippen LogP contribution >= 0.6 is 23.4 Å². The van der Waals surface area contributed by atoms with E-state index in [-0.39, 0.29) is 34.7 Å². The SMILES string of the molecule is Cc1ccccc1OCc1nnc(SCC(=O)Nc2cc([N+](=O)[O-])ccc2Cl)n1C. The zero-order valence-electron chi connectivity index (χ0n) is 16.2. The van der Waals surface area contributed by atoms with Gasteiger partial charge in [-0.3, -0.25) is 14.9 Å². The molecule has 1 aromatic heterocycles. The number of hydrogen-bond acceptors (Lipinski definition) is 7. The highest BCUT2D eigenvalue weighted by atomic mass is 35.5. The van der Waals surface area contributed by atoms with E-state index in [0.29, 0.717) is 11.0 Å². The van der Waals surface area contributed by atoms with Crippen LogP contribution in [0, 0.1) is 17.0 Å². The van der Waals surface area contributed by atoms with Gasteiger partial charge in [0.25, 0.3) is 5.69 Å². The predicted octanol–water partition coefficient (Wildman–Crippen LogP) is 3.99. The Morgan fingerprint density at radius 3 is 2.80 bits per heavy atom. The molecule has 3 rings (SSSR count). The molecule has 0 saturated heterocycles. The first-order valence-corrected chi connectivity index (χ1v) is 10.1. The first-order chi connectivity index (χ1) is 14.3. The number of carbonyl (C=O) groups excluding carboxylic acids is 1. The number of nitrogens with one attached hydrogen (secondary N) is 1. The van der Waals surface area contributed by atoms with Crippen molar-refractivity contribution in [1.29, 1.82) is 0 Å². The van der Waals surface area contributed by atoms with Crippen molar-refractivity contribution in [2.75, 3.05) is 11.1 Å². The third-order valence-corrected chi connectivity index (χ3v) is 5.49. The number of amides is 1. The number of nitro benzene ring substituents is 1. The van der Waals surface area contributed by atoms with Gasteiger partial charge in [-0.25, -0.2) is 0 Å². The van der Waals surface area contributed by atoms with Crippen molar-refractivity contribution in [3.05, 3.63) is 69.0 Å². The zero-order chi connectivity index (χ0) is 21.7. The Morgan fingerprint density at radius 2 is 2.07 bits per heavy atom. The van der Waals surface area contributed by atoms with E-state index in [1.807, 2.05) is 31.2 Å². The second-order valence-corrected chi connectivity index (χ2v) is 7.62. The van der Waals surface area contributed by atoms with Gasteiger partial charge in [-0.2, -0.15) is 0 Å². The number of non-ortho nitro benzene ring substituents is 1. The summed E-state index contributed by atoms with van der Waals surface area (Å²) in [4.78, 5) is 22.6. The van der Waals surface area contributed by atoms with Gasteiger partial charge in [0, 0.05) is 19.2 Å². The summed E-state index contributed by atoms with van der Waals surface area (Å²) < 4.78 is 7.53. The summed E-state index contributed by atoms with van der Waals surface area (Å²) in [6, 6.07) is 11.5. The van der Waals surface area contributed by atoms with Crippen molar-refractivity contribution < 1.29 is 14.5 Å². The molecule has 0 aliphatic rings. The number of nitro groups is 1. The number of benzene rings is 2. The summed E-state index contributed by atoms with van der Waals surface area (Å²) in [5.74, 6) is 1.04. The molecule has 3 aromatic rings. The number of para-hydroxylation sites is 1. The average Bonchev–Trinajstić information content (AvgIpc) is 3.07. The fourth-order valence-corrected chi connectivity index (χ4v) is 3.39. The van der Waals surface area contributed by atoms with Gasteiger partial charge in [-0.15, -0.1) is 10.2 Å². The molecular weight excluding hydrogens is 430 g/mol. The Hall–Kier alpha value is -3.11. The second-order valence-electron chi connectivity index (χ2n) is 6.27. The number of halogens is 1. The molecule has 1 amide bonds. The van der Waals surface area contributed by atoms with Gasteiger partial charge >= 0.3 is 0 Å². The third kappa shape index (κ3) is 5.28. The van der Waals surface area contributed by atoms with E-state index >= 15 is 0 Å². The molecule has 0 unspecified atom stereocenters. The molecule has 11 heteroatoms. The van der Waals surface area contributed by atoms with Gasteiger partial charge in [0.2, 0.25) is 5.91 Å². The molecule has 156 valence electrons. The predicted molar refractivity (Wildman–Crippen MR) is 114 cm³/mol. The van der Waals surface area contributed by atoms with Gasteiger partial charge in [-0.05, 0) is 24.6 Å². The van der Waals surface area contributed by atoms with Crippen LogP contribution in [-0.2, 0) is 18.4 Å². The summed E-state index contributed by atoms with van der Waals surface area (Å²) in [6.07, 6.45) is 0. The molecule has 1 N–H and O–H groups in total. The van der Waals surface area contributed by atoms with E-state index in [2.05, 4.69) is 15.5 Å². The topological polar surface area (TPSA) is 112 Å². The summed E-state index contributed by atoms with van der Waals surface area (Å²) >= 11 is 7.18. The number of anilines is 1. The highest BCUT2D eigenvalue weighted by Crippen LogP contribution is 2.27. The Morgan fingerprint density at radius 1 is 1.30 bits per heavy atom. The highest BCUT2D eigenvalue weighted by molar-refractivity contribution is 7.99. The van der Waals surface area contributed by atoms with E-state index in [9.17, 15) is 14.9 Å². The Balaban J connectivity index is 1.57. The summed E-state index contributed by atoms with van der Waals surface area (Å²) in [5, 5.41) is 22.4. The molecule has 30 heavy (non-hydrogen) atoms. The van der Waals surface area contributed by atoms with Crippen molar-refractivity contribution in [1.82, 2.24) is 14.8 Å². The van der Waals surface area contributed by atoms with Crippen molar-refractivity contribution in [3.63, 3.8) is 0 Å². The summed E-state index contributed by atoms with van der Waals surface area (Å²) in [6.45, 7) is 2.20. The number of hydrogen-bond donors (Lipinski definition) is 1. The van der Waals surface area contributed by atoms with Gasteiger partial charge in [-0.1, -0.05) is 41.6 Å². The molecule has 0 radical (unpaired) electrons. The van der Waals surface area contributed by atoms with Crippen LogP contribution in [-0.4, -0.2) is 31.3 Å². The van der Waals surface area contributed by atoms with Crippen molar-refractivity contribution in [3.8, 4) is 5.75 Å². The van der Waals surface area contributed by atoms with E-state index in [1.54, 1.807) is 11.6 Å². The number of rotatable bonds is 8. The van der Waals surface area contributed by atoms with Crippen LogP contribution in [0.2, 0.25) is 5.02 Å². The monoisotopic (exact) mass is 447 g/mol. The largest absolute Gasteiger partial charge is 0.485 e. The van der Waals surface area contributed by atoms with Crippen LogP contribution in [0.3, 0.4) is 0 Å². The van der Waals surface area contributed by atoms with E-state index in [4.69, 9.17) is 16.3 Å². The lowest BCUT2D eigenvalue weighted by molar-refractivity contribution is -0.384. The molecule has 0 aliphatic heterocycles. The molecule has 0 fully saturated rings. The van der Waals surface area contributed by atoms with E-state index < -0.39 is 4.92 Å². The molecule has 0 aliphatic carbocycles. The number of carbonyl (C=O) groups is 1. The molecule has 0 bridgehead atoms. The maximum Gasteiger partial charge on any atom is 0.271 e. The Kier molecular flexibility index (Phi) is 6.91. The molecule has 2 aromatic carbocycles. The van der Waals surface area contributed by atoms with Crippen LogP contribution < -0.4 is 10.1 Å². The third-order valence-electron chi connectivity index (χ3n) is 4.14. The fourth-order valence-electron chi connectivity index (χ4n) is 2.50. The lowest BCUT2D eigenvalue weighted by Crippen LogP contribution is -2.15. The summed E-state index contributed by atoms with van der Waals surface area (Å²) in [7, 11) is 1.79. The highest BCUT2D eigenvalue weighted by Gasteiger charge is 2.15. The van der Waals surface area contributed by atoms with Crippen LogP contribution in [0.25, 0.3) is 0 Å². The smallest absolute Gasteiger partial charge is 0.271 e. The lowest BCUT2D eigenvalue weighted by Gasteiger charge is -2.09. The van der Waals surface area contributed by atoms with Crippen molar-refractivity contribution >= 4 is 40.6 Å². The standard InChI is InChI=1S/C19H18ClN5O4S/c1-12-5-3-4-6-16(12)29-10-17-22-23-19(24(17)2)30-11-18(26)21-15-9-13(25(27)28)7-8-14(15)20/h3-9H,10-11H2,1-2H3,(H,21,26). The minimum atomic E-state index is -0.555. The first-order valence-electron chi connectivity index (χ1n) is 8.78. The Bertz CT molecular complexity index is 1090. The summed E-state index contributed by atoms with van der Waals surface area (Å²) in [5.41, 5.74) is 1.04. The maximum atomic E-state index is 12.2. The van der Waals surface area contributed by atoms with Gasteiger partial charge < -0.3 is 14.6 Å². The number of ether oxygens (including phenoxy) is 1. The maximum absolute atomic E-state index is 12.2. The quantitative estimate of drug-likeness (QED) is 0.315. The van der Waals surface area contributed by atoms with Gasteiger partial charge in [0.05, 0.1) is 21.4 Å². The van der Waals surface area contributed by atoms with E-state index in [0.717, 1.165) is 11.3 Å². The second kappa shape index (κ2) is 9.59. The molecule has 1 heterocycles.